The zero-order valence-electron chi connectivity index (χ0n) is 14.2. The molecule has 0 radical (unpaired) electrons. The van der Waals surface area contributed by atoms with Gasteiger partial charge in [-0.1, -0.05) is 13.8 Å². The lowest BCUT2D eigenvalue weighted by atomic mass is 10.0. The summed E-state index contributed by atoms with van der Waals surface area (Å²) in [4.78, 5) is 28.8. The highest BCUT2D eigenvalue weighted by Crippen LogP contribution is 2.13. The molecule has 1 aliphatic rings. The van der Waals surface area contributed by atoms with Crippen LogP contribution in [0.4, 0.5) is 0 Å². The molecule has 1 unspecified atom stereocenters. The van der Waals surface area contributed by atoms with Crippen molar-refractivity contribution in [3.63, 3.8) is 0 Å². The first kappa shape index (κ1) is 17.7. The molecule has 2 rings (SSSR count). The van der Waals surface area contributed by atoms with Crippen LogP contribution >= 0.6 is 0 Å². The van der Waals surface area contributed by atoms with Crippen molar-refractivity contribution in [3.05, 3.63) is 23.5 Å². The predicted octanol–water partition coefficient (Wildman–Crippen LogP) is 1.69. The van der Waals surface area contributed by atoms with Gasteiger partial charge in [-0.2, -0.15) is 0 Å². The van der Waals surface area contributed by atoms with E-state index in [-0.39, 0.29) is 11.7 Å². The topological polar surface area (TPSA) is 74.4 Å². The van der Waals surface area contributed by atoms with E-state index in [0.29, 0.717) is 29.8 Å². The molecule has 1 fully saturated rings. The van der Waals surface area contributed by atoms with Gasteiger partial charge in [-0.15, -0.1) is 0 Å². The number of hydrogen-bond acceptors (Lipinski definition) is 4. The van der Waals surface area contributed by atoms with E-state index in [9.17, 15) is 9.59 Å². The summed E-state index contributed by atoms with van der Waals surface area (Å²) in [6.45, 7) is 9.79. The molecule has 1 aromatic rings. The van der Waals surface area contributed by atoms with E-state index in [0.717, 1.165) is 32.7 Å². The maximum atomic E-state index is 12.3. The molecular weight excluding hydrogens is 294 g/mol. The minimum atomic E-state index is -0.167. The molecule has 1 aliphatic heterocycles. The standard InChI is InChI=1S/C17H27N3O3/c1-12(2)8-15(20-4-6-23-7-5-20)11-19-17(22)16-9-14(10-18-16)13(3)21/h9-10,12,15,18H,4-8,11H2,1-3H3,(H,19,22). The smallest absolute Gasteiger partial charge is 0.267 e. The Morgan fingerprint density at radius 1 is 1.35 bits per heavy atom. The number of carbonyl (C=O) groups is 2. The van der Waals surface area contributed by atoms with Crippen molar-refractivity contribution in [2.24, 2.45) is 5.92 Å². The molecule has 23 heavy (non-hydrogen) atoms. The molecule has 1 aromatic heterocycles. The van der Waals surface area contributed by atoms with Crippen molar-refractivity contribution in [1.82, 2.24) is 15.2 Å². The fraction of sp³-hybridized carbons (Fsp3) is 0.647. The predicted molar refractivity (Wildman–Crippen MR) is 88.8 cm³/mol. The highest BCUT2D eigenvalue weighted by Gasteiger charge is 2.23. The Bertz CT molecular complexity index is 533. The number of aromatic nitrogens is 1. The molecule has 0 aromatic carbocycles. The first-order valence-electron chi connectivity index (χ1n) is 8.26. The van der Waals surface area contributed by atoms with Crippen LogP contribution in [0.5, 0.6) is 0 Å². The summed E-state index contributed by atoms with van der Waals surface area (Å²) in [5, 5.41) is 2.99. The number of aromatic amines is 1. The van der Waals surface area contributed by atoms with Crippen molar-refractivity contribution >= 4 is 11.7 Å². The Hall–Kier alpha value is -1.66. The number of rotatable bonds is 7. The SMILES string of the molecule is CC(=O)c1c[nH]c(C(=O)NCC(CC(C)C)N2CCOCC2)c1. The van der Waals surface area contributed by atoms with Gasteiger partial charge in [0, 0.05) is 37.4 Å². The van der Waals surface area contributed by atoms with Crippen molar-refractivity contribution in [1.29, 1.82) is 0 Å². The van der Waals surface area contributed by atoms with Gasteiger partial charge in [-0.05, 0) is 25.3 Å². The number of hydrogen-bond donors (Lipinski definition) is 2. The van der Waals surface area contributed by atoms with Crippen molar-refractivity contribution in [2.45, 2.75) is 33.2 Å². The summed E-state index contributed by atoms with van der Waals surface area (Å²) in [6, 6.07) is 1.91. The summed E-state index contributed by atoms with van der Waals surface area (Å²) < 4.78 is 5.41. The Kier molecular flexibility index (Phi) is 6.36. The molecule has 6 heteroatoms. The fourth-order valence-electron chi connectivity index (χ4n) is 2.88. The molecule has 0 spiro atoms. The lowest BCUT2D eigenvalue weighted by Gasteiger charge is -2.35. The summed E-state index contributed by atoms with van der Waals surface area (Å²) in [5.74, 6) is 0.348. The van der Waals surface area contributed by atoms with Crippen LogP contribution in [0.25, 0.3) is 0 Å². The quantitative estimate of drug-likeness (QED) is 0.750. The lowest BCUT2D eigenvalue weighted by molar-refractivity contribution is 0.0124. The number of Topliss-reactive ketones (excluding diaryl/α,β-unsaturated/α-hetero) is 1. The van der Waals surface area contributed by atoms with Crippen LogP contribution in [-0.2, 0) is 4.74 Å². The number of nitrogens with one attached hydrogen (secondary N) is 2. The molecule has 1 amide bonds. The third kappa shape index (κ3) is 5.18. The monoisotopic (exact) mass is 321 g/mol. The van der Waals surface area contributed by atoms with Gasteiger partial charge < -0.3 is 15.0 Å². The maximum absolute atomic E-state index is 12.3. The van der Waals surface area contributed by atoms with E-state index in [1.165, 1.54) is 6.92 Å². The minimum absolute atomic E-state index is 0.0497. The van der Waals surface area contributed by atoms with Gasteiger partial charge in [0.1, 0.15) is 5.69 Å². The zero-order valence-corrected chi connectivity index (χ0v) is 14.2. The van der Waals surface area contributed by atoms with Crippen LogP contribution in [0, 0.1) is 5.92 Å². The molecular formula is C17H27N3O3. The van der Waals surface area contributed by atoms with E-state index in [1.54, 1.807) is 12.3 Å². The van der Waals surface area contributed by atoms with Gasteiger partial charge in [0.15, 0.2) is 5.78 Å². The highest BCUT2D eigenvalue weighted by atomic mass is 16.5. The molecule has 1 atom stereocenters. The summed E-state index contributed by atoms with van der Waals surface area (Å²) >= 11 is 0. The zero-order chi connectivity index (χ0) is 16.8. The second-order valence-electron chi connectivity index (χ2n) is 6.50. The second kappa shape index (κ2) is 8.26. The minimum Gasteiger partial charge on any atom is -0.379 e. The van der Waals surface area contributed by atoms with Gasteiger partial charge in [0.05, 0.1) is 13.2 Å². The lowest BCUT2D eigenvalue weighted by Crippen LogP contribution is -2.49. The van der Waals surface area contributed by atoms with Crippen LogP contribution in [0.1, 0.15) is 48.0 Å². The number of ether oxygens (including phenoxy) is 1. The normalized spacial score (nSPS) is 17.2. The van der Waals surface area contributed by atoms with E-state index in [1.807, 2.05) is 0 Å². The average Bonchev–Trinajstić information content (AvgIpc) is 3.02. The highest BCUT2D eigenvalue weighted by molar-refractivity contribution is 5.99. The van der Waals surface area contributed by atoms with Crippen LogP contribution in [-0.4, -0.2) is 60.5 Å². The van der Waals surface area contributed by atoms with Gasteiger partial charge in [0.2, 0.25) is 0 Å². The Balaban J connectivity index is 1.93. The Morgan fingerprint density at radius 2 is 2.04 bits per heavy atom. The average molecular weight is 321 g/mol. The first-order valence-corrected chi connectivity index (χ1v) is 8.26. The van der Waals surface area contributed by atoms with Crippen LogP contribution in [0.3, 0.4) is 0 Å². The van der Waals surface area contributed by atoms with E-state index in [2.05, 4.69) is 29.0 Å². The van der Waals surface area contributed by atoms with Gasteiger partial charge >= 0.3 is 0 Å². The van der Waals surface area contributed by atoms with Crippen LogP contribution in [0.15, 0.2) is 12.3 Å². The largest absolute Gasteiger partial charge is 0.379 e. The molecule has 0 bridgehead atoms. The second-order valence-corrected chi connectivity index (χ2v) is 6.50. The van der Waals surface area contributed by atoms with E-state index < -0.39 is 0 Å². The first-order chi connectivity index (χ1) is 11.0. The molecule has 6 nitrogen and oxygen atoms in total. The fourth-order valence-corrected chi connectivity index (χ4v) is 2.88. The van der Waals surface area contributed by atoms with Gasteiger partial charge in [0.25, 0.3) is 5.91 Å². The number of carbonyl (C=O) groups excluding carboxylic acids is 2. The molecule has 128 valence electrons. The van der Waals surface area contributed by atoms with Crippen LogP contribution in [0.2, 0.25) is 0 Å². The third-order valence-electron chi connectivity index (χ3n) is 4.14. The van der Waals surface area contributed by atoms with E-state index in [4.69, 9.17) is 4.74 Å². The number of H-pyrrole nitrogens is 1. The molecule has 2 N–H and O–H groups in total. The molecule has 0 saturated carbocycles. The molecule has 1 saturated heterocycles. The van der Waals surface area contributed by atoms with Crippen molar-refractivity contribution in [3.8, 4) is 0 Å². The molecule has 0 aliphatic carbocycles. The van der Waals surface area contributed by atoms with Crippen LogP contribution < -0.4 is 5.32 Å². The Morgan fingerprint density at radius 3 is 2.61 bits per heavy atom. The van der Waals surface area contributed by atoms with Gasteiger partial charge in [-0.3, -0.25) is 14.5 Å². The Labute approximate surface area is 137 Å². The van der Waals surface area contributed by atoms with Crippen molar-refractivity contribution < 1.29 is 14.3 Å². The summed E-state index contributed by atoms with van der Waals surface area (Å²) in [5.41, 5.74) is 0.961. The number of nitrogens with zero attached hydrogens (tertiary/aromatic N) is 1. The number of ketones is 1. The maximum Gasteiger partial charge on any atom is 0.267 e. The number of amides is 1. The van der Waals surface area contributed by atoms with Crippen molar-refractivity contribution in [2.75, 3.05) is 32.8 Å². The van der Waals surface area contributed by atoms with E-state index >= 15 is 0 Å². The summed E-state index contributed by atoms with van der Waals surface area (Å²) in [7, 11) is 0. The molecule has 2 heterocycles. The summed E-state index contributed by atoms with van der Waals surface area (Å²) in [6.07, 6.45) is 2.61. The van der Waals surface area contributed by atoms with Gasteiger partial charge in [-0.25, -0.2) is 0 Å². The third-order valence-corrected chi connectivity index (χ3v) is 4.14. The number of morpholine rings is 1.